The minimum Gasteiger partial charge on any atom is -0.354 e. The topological polar surface area (TPSA) is 86.8 Å². The summed E-state index contributed by atoms with van der Waals surface area (Å²) in [6.45, 7) is 3.41. The number of sulfonamides is 1. The van der Waals surface area contributed by atoms with E-state index in [-0.39, 0.29) is 28.1 Å². The Balaban J connectivity index is 1.98. The quantitative estimate of drug-likeness (QED) is 0.274. The summed E-state index contributed by atoms with van der Waals surface area (Å²) in [7, 11) is -4.27. The molecule has 3 aromatic rings. The van der Waals surface area contributed by atoms with Crippen molar-refractivity contribution < 1.29 is 22.4 Å². The molecule has 39 heavy (non-hydrogen) atoms. The molecule has 3 aromatic carbocycles. The van der Waals surface area contributed by atoms with Crippen molar-refractivity contribution >= 4 is 50.7 Å². The minimum absolute atomic E-state index is 0.0166. The fourth-order valence-electron chi connectivity index (χ4n) is 3.81. The Morgan fingerprint density at radius 2 is 1.64 bits per heavy atom. The first kappa shape index (κ1) is 30.4. The molecular weight excluding hydrogens is 564 g/mol. The zero-order valence-corrected chi connectivity index (χ0v) is 23.9. The van der Waals surface area contributed by atoms with Crippen molar-refractivity contribution in [3.63, 3.8) is 0 Å². The van der Waals surface area contributed by atoms with E-state index < -0.39 is 34.3 Å². The van der Waals surface area contributed by atoms with Crippen LogP contribution in [0, 0.1) is 5.82 Å². The number of carbonyl (C=O) groups excluding carboxylic acids is 2. The van der Waals surface area contributed by atoms with Crippen molar-refractivity contribution in [3.05, 3.63) is 94.2 Å². The molecular formula is C28H30Cl2FN3O4S. The van der Waals surface area contributed by atoms with Gasteiger partial charge in [-0.15, -0.1) is 0 Å². The number of nitrogens with zero attached hydrogens (tertiary/aromatic N) is 2. The molecule has 208 valence electrons. The molecule has 0 aliphatic carbocycles. The molecule has 0 fully saturated rings. The Morgan fingerprint density at radius 1 is 0.974 bits per heavy atom. The van der Waals surface area contributed by atoms with Gasteiger partial charge in [-0.25, -0.2) is 12.8 Å². The molecule has 1 atom stereocenters. The summed E-state index contributed by atoms with van der Waals surface area (Å²) in [6, 6.07) is 16.4. The summed E-state index contributed by atoms with van der Waals surface area (Å²) in [6.07, 6.45) is 1.66. The lowest BCUT2D eigenvalue weighted by Gasteiger charge is -2.32. The fourth-order valence-corrected chi connectivity index (χ4v) is 5.55. The van der Waals surface area contributed by atoms with Crippen molar-refractivity contribution in [1.82, 2.24) is 10.2 Å². The fraction of sp³-hybridized carbons (Fsp3) is 0.286. The SMILES string of the molecule is CCCCNC(=O)[C@@H](C)N(Cc1ccc(Cl)c(Cl)c1)C(=O)CN(c1ccccc1)S(=O)(=O)c1ccc(F)cc1. The molecule has 0 aliphatic rings. The zero-order valence-electron chi connectivity index (χ0n) is 21.6. The molecule has 11 heteroatoms. The third-order valence-corrected chi connectivity index (χ3v) is 8.59. The average Bonchev–Trinajstić information content (AvgIpc) is 2.92. The van der Waals surface area contributed by atoms with Gasteiger partial charge in [0.1, 0.15) is 18.4 Å². The van der Waals surface area contributed by atoms with Gasteiger partial charge in [0, 0.05) is 13.1 Å². The van der Waals surface area contributed by atoms with E-state index >= 15 is 0 Å². The van der Waals surface area contributed by atoms with Gasteiger partial charge >= 0.3 is 0 Å². The smallest absolute Gasteiger partial charge is 0.264 e. The van der Waals surface area contributed by atoms with Crippen LogP contribution in [0.25, 0.3) is 0 Å². The van der Waals surface area contributed by atoms with Crippen molar-refractivity contribution in [2.75, 3.05) is 17.4 Å². The van der Waals surface area contributed by atoms with E-state index in [0.717, 1.165) is 41.4 Å². The van der Waals surface area contributed by atoms with Gasteiger partial charge in [-0.2, -0.15) is 0 Å². The van der Waals surface area contributed by atoms with Gasteiger partial charge in [-0.3, -0.25) is 13.9 Å². The van der Waals surface area contributed by atoms with Crippen LogP contribution in [0.1, 0.15) is 32.3 Å². The summed E-state index contributed by atoms with van der Waals surface area (Å²) in [5.41, 5.74) is 0.850. The van der Waals surface area contributed by atoms with Crippen LogP contribution in [0.4, 0.5) is 10.1 Å². The molecule has 0 radical (unpaired) electrons. The van der Waals surface area contributed by atoms with Gasteiger partial charge in [0.15, 0.2) is 0 Å². The summed E-state index contributed by atoms with van der Waals surface area (Å²) >= 11 is 12.2. The predicted octanol–water partition coefficient (Wildman–Crippen LogP) is 5.66. The molecule has 0 saturated heterocycles. The molecule has 0 spiro atoms. The second-order valence-corrected chi connectivity index (χ2v) is 11.6. The van der Waals surface area contributed by atoms with Gasteiger partial charge in [-0.1, -0.05) is 60.8 Å². The molecule has 0 aromatic heterocycles. The Bertz CT molecular complexity index is 1390. The third-order valence-electron chi connectivity index (χ3n) is 6.06. The molecule has 0 saturated carbocycles. The first-order valence-electron chi connectivity index (χ1n) is 12.4. The highest BCUT2D eigenvalue weighted by Crippen LogP contribution is 2.26. The molecule has 0 bridgehead atoms. The van der Waals surface area contributed by atoms with Crippen LogP contribution in [0.3, 0.4) is 0 Å². The van der Waals surface area contributed by atoms with Crippen LogP contribution in [-0.2, 0) is 26.2 Å². The molecule has 0 aliphatic heterocycles. The Hall–Kier alpha value is -3.14. The summed E-state index contributed by atoms with van der Waals surface area (Å²) in [5, 5.41) is 3.45. The normalized spacial score (nSPS) is 12.0. The van der Waals surface area contributed by atoms with E-state index in [1.165, 1.54) is 4.90 Å². The highest BCUT2D eigenvalue weighted by atomic mass is 35.5. The lowest BCUT2D eigenvalue weighted by Crippen LogP contribution is -2.51. The van der Waals surface area contributed by atoms with Gasteiger partial charge in [0.05, 0.1) is 20.6 Å². The zero-order chi connectivity index (χ0) is 28.6. The van der Waals surface area contributed by atoms with Gasteiger partial charge in [0.2, 0.25) is 11.8 Å². The van der Waals surface area contributed by atoms with Crippen molar-refractivity contribution in [1.29, 1.82) is 0 Å². The first-order chi connectivity index (χ1) is 18.5. The summed E-state index contributed by atoms with van der Waals surface area (Å²) in [5.74, 6) is -1.58. The van der Waals surface area contributed by atoms with Gasteiger partial charge in [-0.05, 0) is 67.4 Å². The van der Waals surface area contributed by atoms with Crippen LogP contribution < -0.4 is 9.62 Å². The number of hydrogen-bond acceptors (Lipinski definition) is 4. The highest BCUT2D eigenvalue weighted by molar-refractivity contribution is 7.92. The maximum absolute atomic E-state index is 13.8. The van der Waals surface area contributed by atoms with E-state index in [1.54, 1.807) is 55.5 Å². The molecule has 7 nitrogen and oxygen atoms in total. The van der Waals surface area contributed by atoms with E-state index in [4.69, 9.17) is 23.2 Å². The number of rotatable bonds is 12. The van der Waals surface area contributed by atoms with Crippen LogP contribution in [0.2, 0.25) is 10.0 Å². The van der Waals surface area contributed by atoms with Gasteiger partial charge in [0.25, 0.3) is 10.0 Å². The predicted molar refractivity (Wildman–Crippen MR) is 152 cm³/mol. The number of unbranched alkanes of at least 4 members (excludes halogenated alkanes) is 1. The summed E-state index contributed by atoms with van der Waals surface area (Å²) in [4.78, 5) is 27.9. The number of anilines is 1. The third kappa shape index (κ3) is 7.94. The van der Waals surface area contributed by atoms with Crippen LogP contribution in [0.15, 0.2) is 77.7 Å². The number of nitrogens with one attached hydrogen (secondary N) is 1. The van der Waals surface area contributed by atoms with E-state index in [0.29, 0.717) is 17.1 Å². The molecule has 3 rings (SSSR count). The van der Waals surface area contributed by atoms with Gasteiger partial charge < -0.3 is 10.2 Å². The standard InChI is InChI=1S/C28H30Cl2FN3O4S/c1-3-4-16-32-28(36)20(2)33(18-21-10-15-25(29)26(30)17-21)27(35)19-34(23-8-6-5-7-9-23)39(37,38)24-13-11-22(31)12-14-24/h5-15,17,20H,3-4,16,18-19H2,1-2H3,(H,32,36)/t20-/m1/s1. The van der Waals surface area contributed by atoms with E-state index in [1.807, 2.05) is 6.92 Å². The Labute approximate surface area is 238 Å². The minimum atomic E-state index is -4.27. The Morgan fingerprint density at radius 3 is 2.26 bits per heavy atom. The lowest BCUT2D eigenvalue weighted by molar-refractivity contribution is -0.139. The lowest BCUT2D eigenvalue weighted by atomic mass is 10.1. The maximum atomic E-state index is 13.8. The van der Waals surface area contributed by atoms with Crippen molar-refractivity contribution in [2.24, 2.45) is 0 Å². The molecule has 0 unspecified atom stereocenters. The van der Waals surface area contributed by atoms with E-state index in [2.05, 4.69) is 5.32 Å². The molecule has 1 N–H and O–H groups in total. The number of benzene rings is 3. The number of hydrogen-bond donors (Lipinski definition) is 1. The largest absolute Gasteiger partial charge is 0.354 e. The van der Waals surface area contributed by atoms with Crippen LogP contribution in [-0.4, -0.2) is 44.3 Å². The monoisotopic (exact) mass is 593 g/mol. The van der Waals surface area contributed by atoms with Crippen molar-refractivity contribution in [2.45, 2.75) is 44.2 Å². The molecule has 0 heterocycles. The molecule has 2 amide bonds. The average molecular weight is 595 g/mol. The first-order valence-corrected chi connectivity index (χ1v) is 14.6. The van der Waals surface area contributed by atoms with Crippen LogP contribution >= 0.6 is 23.2 Å². The number of halogens is 3. The van der Waals surface area contributed by atoms with Crippen LogP contribution in [0.5, 0.6) is 0 Å². The second-order valence-electron chi connectivity index (χ2n) is 8.89. The Kier molecular flexibility index (Phi) is 10.7. The number of amides is 2. The summed E-state index contributed by atoms with van der Waals surface area (Å²) < 4.78 is 41.8. The number of carbonyl (C=O) groups is 2. The number of para-hydroxylation sites is 1. The maximum Gasteiger partial charge on any atom is 0.264 e. The highest BCUT2D eigenvalue weighted by Gasteiger charge is 2.32. The van der Waals surface area contributed by atoms with E-state index in [9.17, 15) is 22.4 Å². The second kappa shape index (κ2) is 13.8. The van der Waals surface area contributed by atoms with Crippen molar-refractivity contribution in [3.8, 4) is 0 Å².